The second-order valence-electron chi connectivity index (χ2n) is 5.59. The Hall–Kier alpha value is -1.73. The first-order valence-corrected chi connectivity index (χ1v) is 8.30. The Labute approximate surface area is 133 Å². The molecule has 4 heterocycles. The highest BCUT2D eigenvalue weighted by molar-refractivity contribution is 7.45. The molecule has 1 aromatic heterocycles. The van der Waals surface area contributed by atoms with Crippen molar-refractivity contribution in [3.63, 3.8) is 0 Å². The van der Waals surface area contributed by atoms with Crippen molar-refractivity contribution in [2.45, 2.75) is 30.3 Å². The number of rotatable bonds is 0. The second-order valence-corrected chi connectivity index (χ2v) is 6.95. The van der Waals surface area contributed by atoms with Crippen molar-refractivity contribution in [1.29, 1.82) is 0 Å². The summed E-state index contributed by atoms with van der Waals surface area (Å²) in [6, 6.07) is -1.32. The van der Waals surface area contributed by atoms with Crippen molar-refractivity contribution in [2.24, 2.45) is 0 Å². The molecule has 1 aromatic rings. The Balaban J connectivity index is 1.73. The molecule has 2 fully saturated rings. The van der Waals surface area contributed by atoms with Crippen LogP contribution >= 0.6 is 7.82 Å². The first kappa shape index (κ1) is 15.8. The van der Waals surface area contributed by atoms with E-state index in [1.165, 1.54) is 0 Å². The largest absolute Gasteiger partial charge is 0.756 e. The van der Waals surface area contributed by atoms with Crippen molar-refractivity contribution in [1.82, 2.24) is 9.97 Å². The lowest BCUT2D eigenvalue weighted by Crippen LogP contribution is -2.73. The van der Waals surface area contributed by atoms with E-state index in [1.807, 2.05) is 0 Å². The summed E-state index contributed by atoms with van der Waals surface area (Å²) >= 11 is 0. The van der Waals surface area contributed by atoms with Gasteiger partial charge in [-0.2, -0.15) is 4.98 Å². The molecular weight excluding hydrogens is 349 g/mol. The van der Waals surface area contributed by atoms with Crippen LogP contribution in [0.5, 0.6) is 0 Å². The van der Waals surface area contributed by atoms with Gasteiger partial charge in [0.1, 0.15) is 17.8 Å². The van der Waals surface area contributed by atoms with Crippen LogP contribution in [0, 0.1) is 0 Å². The van der Waals surface area contributed by atoms with Crippen LogP contribution in [0.3, 0.4) is 0 Å². The molecule has 2 saturated heterocycles. The van der Waals surface area contributed by atoms with Gasteiger partial charge >= 0.3 is 0 Å². The molecule has 0 radical (unpaired) electrons. The minimum absolute atomic E-state index is 0.0545. The van der Waals surface area contributed by atoms with Gasteiger partial charge < -0.3 is 45.3 Å². The fourth-order valence-corrected chi connectivity index (χ4v) is 3.90. The average Bonchev–Trinajstić information content (AvgIpc) is 2.47. The monoisotopic (exact) mass is 362 g/mol. The summed E-state index contributed by atoms with van der Waals surface area (Å²) in [5.41, 5.74) is 4.71. The maximum absolute atomic E-state index is 11.9. The molecule has 0 aliphatic carbocycles. The maximum Gasteiger partial charge on any atom is 0.277 e. The number of fused-ring (bicyclic) bond motifs is 3. The van der Waals surface area contributed by atoms with Crippen molar-refractivity contribution >= 4 is 25.3 Å². The van der Waals surface area contributed by atoms with Crippen LogP contribution in [0.4, 0.5) is 17.5 Å². The number of nitrogens with zero attached hydrogens (tertiary/aromatic N) is 1. The molecule has 0 saturated carbocycles. The van der Waals surface area contributed by atoms with Gasteiger partial charge in [0.25, 0.3) is 13.4 Å². The van der Waals surface area contributed by atoms with Crippen molar-refractivity contribution in [3.8, 4) is 0 Å². The molecule has 14 heteroatoms. The van der Waals surface area contributed by atoms with E-state index in [0.717, 1.165) is 0 Å². The number of anilines is 3. The van der Waals surface area contributed by atoms with Gasteiger partial charge in [0.05, 0.1) is 6.61 Å². The predicted octanol–water partition coefficient (Wildman–Crippen LogP) is -3.15. The Morgan fingerprint density at radius 2 is 2.17 bits per heavy atom. The molecule has 3 aliphatic heterocycles. The van der Waals surface area contributed by atoms with E-state index >= 15 is 0 Å². The molecule has 0 aromatic carbocycles. The van der Waals surface area contributed by atoms with Gasteiger partial charge in [-0.15, -0.1) is 0 Å². The lowest BCUT2D eigenvalue weighted by atomic mass is 9.91. The van der Waals surface area contributed by atoms with Crippen LogP contribution < -0.4 is 26.8 Å². The van der Waals surface area contributed by atoms with Crippen LogP contribution in [-0.4, -0.2) is 57.1 Å². The number of hydrogen-bond acceptors (Lipinski definition) is 12. The number of hydrogen-bond donors (Lipinski definition) is 6. The van der Waals surface area contributed by atoms with Crippen LogP contribution in [0.2, 0.25) is 0 Å². The molecule has 3 aliphatic rings. The number of aromatic amines is 1. The number of ether oxygens (including phenoxy) is 1. The molecule has 13 nitrogen and oxygen atoms in total. The highest BCUT2D eigenvalue weighted by Gasteiger charge is 2.60. The zero-order chi connectivity index (χ0) is 17.3. The number of nitrogens with one attached hydrogen (secondary N) is 3. The van der Waals surface area contributed by atoms with E-state index in [4.69, 9.17) is 10.5 Å². The molecule has 5 atom stereocenters. The normalized spacial score (nSPS) is 39.6. The van der Waals surface area contributed by atoms with Gasteiger partial charge in [0.15, 0.2) is 18.1 Å². The quantitative estimate of drug-likeness (QED) is 0.200. The number of phosphoric acid groups is 1. The molecule has 132 valence electrons. The van der Waals surface area contributed by atoms with Gasteiger partial charge in [-0.25, -0.2) is 0 Å². The van der Waals surface area contributed by atoms with Crippen LogP contribution in [0.25, 0.3) is 0 Å². The SMILES string of the molecule is Nc1nc2c(c(=O)[nH]1)NC1C(N2)OC2COP(=O)([O-])OC2C1(O)O. The topological polar surface area (TPSA) is 204 Å². The minimum atomic E-state index is -4.68. The third kappa shape index (κ3) is 2.29. The number of nitrogen functional groups attached to an aromatic ring is 1. The Morgan fingerprint density at radius 3 is 2.92 bits per heavy atom. The molecule has 24 heavy (non-hydrogen) atoms. The average molecular weight is 362 g/mol. The van der Waals surface area contributed by atoms with Gasteiger partial charge in [-0.05, 0) is 0 Å². The Bertz CT molecular complexity index is 798. The van der Waals surface area contributed by atoms with Crippen LogP contribution in [0.1, 0.15) is 0 Å². The first-order chi connectivity index (χ1) is 11.2. The number of aliphatic hydroxyl groups is 2. The summed E-state index contributed by atoms with van der Waals surface area (Å²) in [5, 5.41) is 26.2. The second kappa shape index (κ2) is 4.89. The molecule has 5 unspecified atom stereocenters. The number of nitrogens with two attached hydrogens (primary N) is 1. The van der Waals surface area contributed by atoms with Gasteiger partial charge in [0.2, 0.25) is 11.7 Å². The summed E-state index contributed by atoms with van der Waals surface area (Å²) in [4.78, 5) is 29.5. The third-order valence-corrected chi connectivity index (χ3v) is 4.95. The van der Waals surface area contributed by atoms with Crippen molar-refractivity contribution < 1.29 is 33.5 Å². The smallest absolute Gasteiger partial charge is 0.277 e. The highest BCUT2D eigenvalue weighted by Crippen LogP contribution is 2.50. The third-order valence-electron chi connectivity index (χ3n) is 3.99. The van der Waals surface area contributed by atoms with Crippen LogP contribution in [-0.2, 0) is 18.3 Å². The lowest BCUT2D eigenvalue weighted by Gasteiger charge is -2.53. The van der Waals surface area contributed by atoms with E-state index in [1.54, 1.807) is 0 Å². The Morgan fingerprint density at radius 1 is 1.42 bits per heavy atom. The summed E-state index contributed by atoms with van der Waals surface area (Å²) < 4.78 is 26.1. The molecular formula is C10H13N5O8P-. The minimum Gasteiger partial charge on any atom is -0.756 e. The first-order valence-electron chi connectivity index (χ1n) is 6.84. The van der Waals surface area contributed by atoms with E-state index in [2.05, 4.69) is 29.6 Å². The zero-order valence-electron chi connectivity index (χ0n) is 11.8. The van der Waals surface area contributed by atoms with E-state index in [0.29, 0.717) is 0 Å². The number of H-pyrrole nitrogens is 1. The van der Waals surface area contributed by atoms with E-state index in [9.17, 15) is 24.5 Å². The van der Waals surface area contributed by atoms with Gasteiger partial charge in [0, 0.05) is 0 Å². The molecule has 4 rings (SSSR count). The number of phosphoric ester groups is 1. The molecule has 7 N–H and O–H groups in total. The van der Waals surface area contributed by atoms with Gasteiger partial charge in [-0.1, -0.05) is 0 Å². The van der Waals surface area contributed by atoms with Crippen molar-refractivity contribution in [3.05, 3.63) is 10.4 Å². The van der Waals surface area contributed by atoms with Gasteiger partial charge in [-0.3, -0.25) is 14.3 Å². The number of aromatic nitrogens is 2. The fourth-order valence-electron chi connectivity index (χ4n) is 2.94. The van der Waals surface area contributed by atoms with E-state index < -0.39 is 50.3 Å². The lowest BCUT2D eigenvalue weighted by molar-refractivity contribution is -0.335. The fraction of sp³-hybridized carbons (Fsp3) is 0.600. The summed E-state index contributed by atoms with van der Waals surface area (Å²) in [7, 11) is -4.68. The standard InChI is InChI=1S/C10H14N5O8P/c11-9-14-6-3(7(16)15-9)12-4-8(13-6)22-2-1-21-24(19,20)23-5(2)10(4,17)18/h2,4-5,8,12,17-18H,1H2,(H,19,20)(H4,11,13,14,15,16)/p-1. The van der Waals surface area contributed by atoms with Crippen molar-refractivity contribution in [2.75, 3.05) is 23.0 Å². The summed E-state index contributed by atoms with van der Waals surface area (Å²) in [5.74, 6) is -2.77. The predicted molar refractivity (Wildman–Crippen MR) is 74.6 cm³/mol. The summed E-state index contributed by atoms with van der Waals surface area (Å²) in [6.07, 6.45) is -3.77. The van der Waals surface area contributed by atoms with E-state index in [-0.39, 0.29) is 17.5 Å². The molecule has 0 amide bonds. The highest BCUT2D eigenvalue weighted by atomic mass is 31.2. The zero-order valence-corrected chi connectivity index (χ0v) is 12.7. The molecule has 0 bridgehead atoms. The molecule has 0 spiro atoms. The maximum atomic E-state index is 11.9. The Kier molecular flexibility index (Phi) is 3.22. The summed E-state index contributed by atoms with van der Waals surface area (Å²) in [6.45, 7) is -0.447. The van der Waals surface area contributed by atoms with Crippen LogP contribution in [0.15, 0.2) is 4.79 Å².